The minimum absolute atomic E-state index is 0.000536. The third kappa shape index (κ3) is 6.34. The lowest BCUT2D eigenvalue weighted by Crippen LogP contribution is -2.48. The van der Waals surface area contributed by atoms with E-state index in [1.54, 1.807) is 30.3 Å². The first-order valence-electron chi connectivity index (χ1n) is 11.1. The van der Waals surface area contributed by atoms with Crippen LogP contribution in [0.1, 0.15) is 49.4 Å². The van der Waals surface area contributed by atoms with Gasteiger partial charge in [0.2, 0.25) is 0 Å². The fourth-order valence-electron chi connectivity index (χ4n) is 3.66. The lowest BCUT2D eigenvalue weighted by atomic mass is 9.96. The van der Waals surface area contributed by atoms with Crippen LogP contribution >= 0.6 is 0 Å². The van der Waals surface area contributed by atoms with Crippen LogP contribution < -0.4 is 14.9 Å². The van der Waals surface area contributed by atoms with Crippen molar-refractivity contribution in [3.05, 3.63) is 60.2 Å². The Labute approximate surface area is 199 Å². The molecule has 2 aromatic rings. The Bertz CT molecular complexity index is 1110. The molecule has 0 radical (unpaired) electrons. The van der Waals surface area contributed by atoms with Crippen molar-refractivity contribution in [2.45, 2.75) is 56.1 Å². The van der Waals surface area contributed by atoms with Crippen LogP contribution in [0.25, 0.3) is 0 Å². The van der Waals surface area contributed by atoms with Crippen molar-refractivity contribution >= 4 is 33.6 Å². The zero-order valence-corrected chi connectivity index (χ0v) is 20.0. The summed E-state index contributed by atoms with van der Waals surface area (Å²) >= 11 is 0. The monoisotopic (exact) mass is 487 g/mol. The Balaban J connectivity index is 1.56. The lowest BCUT2D eigenvalue weighted by molar-refractivity contribution is -0.127. The quantitative estimate of drug-likeness (QED) is 0.579. The van der Waals surface area contributed by atoms with E-state index in [4.69, 9.17) is 4.74 Å². The summed E-state index contributed by atoms with van der Waals surface area (Å²) in [5.41, 5.74) is 0.575. The minimum atomic E-state index is -3.82. The number of carbonyl (C=O) groups is 3. The molecule has 1 fully saturated rings. The van der Waals surface area contributed by atoms with E-state index in [0.717, 1.165) is 36.4 Å². The van der Waals surface area contributed by atoms with Crippen LogP contribution in [0.15, 0.2) is 59.5 Å². The molecule has 0 aromatic heterocycles. The van der Waals surface area contributed by atoms with Gasteiger partial charge >= 0.3 is 12.0 Å². The second-order valence-corrected chi connectivity index (χ2v) is 10.1. The highest BCUT2D eigenvalue weighted by Crippen LogP contribution is 2.22. The van der Waals surface area contributed by atoms with Crippen LogP contribution in [0.3, 0.4) is 0 Å². The van der Waals surface area contributed by atoms with Crippen LogP contribution in [0.2, 0.25) is 0 Å². The number of hydrogen-bond acceptors (Lipinski definition) is 6. The zero-order chi connectivity index (χ0) is 24.7. The molecule has 10 heteroatoms. The molecule has 2 N–H and O–H groups in total. The van der Waals surface area contributed by atoms with E-state index in [1.807, 2.05) is 0 Å². The number of nitrogens with zero attached hydrogens (tertiary/aromatic N) is 1. The molecule has 1 saturated carbocycles. The average Bonchev–Trinajstić information content (AvgIpc) is 2.84. The van der Waals surface area contributed by atoms with Gasteiger partial charge in [-0.1, -0.05) is 37.5 Å². The standard InChI is InChI=1S/C24H29N3O6S/c1-17(22(28)26-24(30)25-19-9-5-3-6-10-19)33-23(29)18-13-15-21(16-14-18)34(31,32)27(2)20-11-7-4-8-12-20/h4,7-8,11-17,19H,3,5-6,9-10H2,1-2H3,(H2,25,26,28,30)/t17-/m1/s1. The average molecular weight is 488 g/mol. The molecule has 1 aliphatic rings. The molecular formula is C24H29N3O6S. The molecule has 1 atom stereocenters. The van der Waals surface area contributed by atoms with E-state index in [9.17, 15) is 22.8 Å². The van der Waals surface area contributed by atoms with Crippen molar-refractivity contribution in [3.8, 4) is 0 Å². The second-order valence-electron chi connectivity index (χ2n) is 8.18. The number of esters is 1. The third-order valence-electron chi connectivity index (χ3n) is 5.70. The van der Waals surface area contributed by atoms with Crippen LogP contribution in [0.5, 0.6) is 0 Å². The number of sulfonamides is 1. The third-order valence-corrected chi connectivity index (χ3v) is 7.50. The maximum atomic E-state index is 12.8. The molecule has 0 bridgehead atoms. The van der Waals surface area contributed by atoms with Gasteiger partial charge in [-0.15, -0.1) is 0 Å². The van der Waals surface area contributed by atoms with Gasteiger partial charge < -0.3 is 10.1 Å². The van der Waals surface area contributed by atoms with Crippen LogP contribution in [0.4, 0.5) is 10.5 Å². The molecule has 0 spiro atoms. The van der Waals surface area contributed by atoms with Crippen molar-refractivity contribution in [2.24, 2.45) is 0 Å². The fourth-order valence-corrected chi connectivity index (χ4v) is 4.86. The first-order chi connectivity index (χ1) is 16.2. The van der Waals surface area contributed by atoms with Gasteiger partial charge in [0.05, 0.1) is 16.1 Å². The zero-order valence-electron chi connectivity index (χ0n) is 19.2. The fraction of sp³-hybridized carbons (Fsp3) is 0.375. The molecule has 0 unspecified atom stereocenters. The van der Waals surface area contributed by atoms with Gasteiger partial charge in [0.15, 0.2) is 6.10 Å². The molecular weight excluding hydrogens is 458 g/mol. The largest absolute Gasteiger partial charge is 0.449 e. The van der Waals surface area contributed by atoms with E-state index >= 15 is 0 Å². The summed E-state index contributed by atoms with van der Waals surface area (Å²) in [6.45, 7) is 1.36. The maximum Gasteiger partial charge on any atom is 0.338 e. The summed E-state index contributed by atoms with van der Waals surface area (Å²) in [7, 11) is -2.38. The predicted octanol–water partition coefficient (Wildman–Crippen LogP) is 3.22. The Morgan fingerprint density at radius 2 is 1.59 bits per heavy atom. The van der Waals surface area contributed by atoms with Crippen molar-refractivity contribution in [3.63, 3.8) is 0 Å². The Hall–Kier alpha value is -3.40. The molecule has 3 rings (SSSR count). The van der Waals surface area contributed by atoms with Crippen LogP contribution in [-0.2, 0) is 19.6 Å². The first kappa shape index (κ1) is 25.2. The van der Waals surface area contributed by atoms with E-state index in [-0.39, 0.29) is 16.5 Å². The van der Waals surface area contributed by atoms with Gasteiger partial charge in [-0.3, -0.25) is 14.4 Å². The summed E-state index contributed by atoms with van der Waals surface area (Å²) in [6, 6.07) is 13.2. The number of urea groups is 1. The van der Waals surface area contributed by atoms with E-state index in [0.29, 0.717) is 5.69 Å². The highest BCUT2D eigenvalue weighted by molar-refractivity contribution is 7.92. The highest BCUT2D eigenvalue weighted by atomic mass is 32.2. The molecule has 34 heavy (non-hydrogen) atoms. The number of ether oxygens (including phenoxy) is 1. The Morgan fingerprint density at radius 1 is 0.971 bits per heavy atom. The Kier molecular flexibility index (Phi) is 8.27. The molecule has 1 aliphatic carbocycles. The van der Waals surface area contributed by atoms with Crippen molar-refractivity contribution in [1.29, 1.82) is 0 Å². The summed E-state index contributed by atoms with van der Waals surface area (Å²) in [5.74, 6) is -1.55. The van der Waals surface area contributed by atoms with Gasteiger partial charge in [-0.25, -0.2) is 18.0 Å². The summed E-state index contributed by atoms with van der Waals surface area (Å²) in [4.78, 5) is 36.7. The SMILES string of the molecule is C[C@@H](OC(=O)c1ccc(S(=O)(=O)N(C)c2ccccc2)cc1)C(=O)NC(=O)NC1CCCCC1. The smallest absolute Gasteiger partial charge is 0.338 e. The Morgan fingerprint density at radius 3 is 2.21 bits per heavy atom. The number of benzene rings is 2. The van der Waals surface area contributed by atoms with E-state index in [1.165, 1.54) is 38.2 Å². The number of imide groups is 1. The molecule has 0 aliphatic heterocycles. The number of rotatable bonds is 7. The number of hydrogen-bond donors (Lipinski definition) is 2. The van der Waals surface area contributed by atoms with Crippen LogP contribution in [0, 0.1) is 0 Å². The van der Waals surface area contributed by atoms with Gasteiger partial charge in [0.25, 0.3) is 15.9 Å². The first-order valence-corrected chi connectivity index (χ1v) is 12.6. The normalized spacial score (nSPS) is 15.1. The molecule has 9 nitrogen and oxygen atoms in total. The summed E-state index contributed by atoms with van der Waals surface area (Å²) in [5, 5.41) is 4.95. The predicted molar refractivity (Wildman–Crippen MR) is 127 cm³/mol. The van der Waals surface area contributed by atoms with Crippen LogP contribution in [-0.4, -0.2) is 45.5 Å². The van der Waals surface area contributed by atoms with Crippen molar-refractivity contribution in [1.82, 2.24) is 10.6 Å². The van der Waals surface area contributed by atoms with Gasteiger partial charge in [0.1, 0.15) is 0 Å². The number of carbonyl (C=O) groups excluding carboxylic acids is 3. The molecule has 3 amide bonds. The summed E-state index contributed by atoms with van der Waals surface area (Å²) < 4.78 is 32.0. The minimum Gasteiger partial charge on any atom is -0.449 e. The maximum absolute atomic E-state index is 12.8. The van der Waals surface area contributed by atoms with Crippen molar-refractivity contribution < 1.29 is 27.5 Å². The van der Waals surface area contributed by atoms with Gasteiger partial charge in [-0.2, -0.15) is 0 Å². The highest BCUT2D eigenvalue weighted by Gasteiger charge is 2.24. The van der Waals surface area contributed by atoms with E-state index < -0.39 is 34.0 Å². The van der Waals surface area contributed by atoms with Gasteiger partial charge in [0, 0.05) is 13.1 Å². The molecule has 2 aromatic carbocycles. The number of para-hydroxylation sites is 1. The van der Waals surface area contributed by atoms with Gasteiger partial charge in [-0.05, 0) is 56.2 Å². The lowest BCUT2D eigenvalue weighted by Gasteiger charge is -2.23. The number of nitrogens with one attached hydrogen (secondary N) is 2. The van der Waals surface area contributed by atoms with E-state index in [2.05, 4.69) is 10.6 Å². The van der Waals surface area contributed by atoms with Crippen molar-refractivity contribution in [2.75, 3.05) is 11.4 Å². The molecule has 0 heterocycles. The number of amides is 3. The summed E-state index contributed by atoms with van der Waals surface area (Å²) in [6.07, 6.45) is 3.75. The topological polar surface area (TPSA) is 122 Å². The second kappa shape index (κ2) is 11.1. The molecule has 0 saturated heterocycles. The number of anilines is 1. The molecule has 182 valence electrons.